The maximum atomic E-state index is 11.6. The van der Waals surface area contributed by atoms with Crippen LogP contribution < -0.4 is 5.32 Å². The predicted octanol–water partition coefficient (Wildman–Crippen LogP) is 1.75. The molecule has 0 aliphatic carbocycles. The summed E-state index contributed by atoms with van der Waals surface area (Å²) in [6.45, 7) is 7.34. The molecule has 1 N–H and O–H groups in total. The van der Waals surface area contributed by atoms with Crippen LogP contribution in [0.2, 0.25) is 0 Å². The molecule has 1 aromatic rings. The number of hydrogen-bond donors (Lipinski definition) is 1. The minimum absolute atomic E-state index is 0. The molecule has 1 aliphatic rings. The third kappa shape index (κ3) is 6.99. The monoisotopic (exact) mass is 501 g/mol. The molecule has 1 saturated heterocycles. The van der Waals surface area contributed by atoms with Gasteiger partial charge in [-0.1, -0.05) is 0 Å². The topological polar surface area (TPSA) is 77.9 Å². The molecule has 25 heavy (non-hydrogen) atoms. The van der Waals surface area contributed by atoms with Crippen LogP contribution in [0.3, 0.4) is 0 Å². The van der Waals surface area contributed by atoms with E-state index < -0.39 is 10.0 Å². The van der Waals surface area contributed by atoms with Crippen LogP contribution in [-0.2, 0) is 16.6 Å². The first-order chi connectivity index (χ1) is 11.3. The molecule has 10 heteroatoms. The van der Waals surface area contributed by atoms with Crippen molar-refractivity contribution < 1.29 is 8.42 Å². The van der Waals surface area contributed by atoms with Crippen molar-refractivity contribution in [3.63, 3.8) is 0 Å². The number of aromatic nitrogens is 1. The largest absolute Gasteiger partial charge is 0.357 e. The summed E-state index contributed by atoms with van der Waals surface area (Å²) in [7, 11) is -1.09. The Bertz CT molecular complexity index is 677. The van der Waals surface area contributed by atoms with Crippen LogP contribution in [-0.4, -0.2) is 68.0 Å². The van der Waals surface area contributed by atoms with Gasteiger partial charge in [0.1, 0.15) is 0 Å². The summed E-state index contributed by atoms with van der Waals surface area (Å²) < 4.78 is 24.7. The van der Waals surface area contributed by atoms with E-state index in [1.807, 2.05) is 20.9 Å². The highest BCUT2D eigenvalue weighted by molar-refractivity contribution is 14.0. The number of nitrogens with one attached hydrogen (secondary N) is 1. The number of aliphatic imine (C=N–C) groups is 1. The number of sulfonamides is 1. The Morgan fingerprint density at radius 3 is 2.80 bits per heavy atom. The van der Waals surface area contributed by atoms with Crippen LogP contribution in [0.1, 0.15) is 24.0 Å². The lowest BCUT2D eigenvalue weighted by atomic mass is 10.1. The highest BCUT2D eigenvalue weighted by atomic mass is 127. The first-order valence-electron chi connectivity index (χ1n) is 8.15. The molecule has 0 bridgehead atoms. The maximum absolute atomic E-state index is 11.6. The van der Waals surface area contributed by atoms with Crippen LogP contribution in [0.15, 0.2) is 10.4 Å². The van der Waals surface area contributed by atoms with Gasteiger partial charge < -0.3 is 10.2 Å². The normalized spacial score (nSPS) is 18.9. The molecule has 2 heterocycles. The lowest BCUT2D eigenvalue weighted by Gasteiger charge is -2.21. The SMILES string of the molecule is CCNC(=NCC1CCN(S(C)(=O)=O)C1)N(C)Cc1csc(C)n1.I. The van der Waals surface area contributed by atoms with E-state index >= 15 is 0 Å². The standard InChI is InChI=1S/C15H27N5O2S2.HI/c1-5-16-15(19(3)10-14-11-23-12(2)18-14)17-8-13-6-7-20(9-13)24(4,21)22;/h11,13H,5-10H2,1-4H3,(H,16,17);1H. The number of rotatable bonds is 6. The second-order valence-corrected chi connectivity index (χ2v) is 9.23. The van der Waals surface area contributed by atoms with Crippen LogP contribution in [0.4, 0.5) is 0 Å². The molecule has 7 nitrogen and oxygen atoms in total. The minimum Gasteiger partial charge on any atom is -0.357 e. The van der Waals surface area contributed by atoms with Crippen molar-refractivity contribution in [1.82, 2.24) is 19.5 Å². The van der Waals surface area contributed by atoms with Gasteiger partial charge in [-0.15, -0.1) is 35.3 Å². The van der Waals surface area contributed by atoms with E-state index in [9.17, 15) is 8.42 Å². The van der Waals surface area contributed by atoms with Crippen molar-refractivity contribution in [3.05, 3.63) is 16.1 Å². The zero-order chi connectivity index (χ0) is 17.7. The lowest BCUT2D eigenvalue weighted by Crippen LogP contribution is -2.39. The van der Waals surface area contributed by atoms with Gasteiger partial charge in [-0.3, -0.25) is 4.99 Å². The Kier molecular flexibility index (Phi) is 9.05. The Balaban J connectivity index is 0.00000312. The van der Waals surface area contributed by atoms with E-state index in [0.717, 1.165) is 29.6 Å². The van der Waals surface area contributed by atoms with Gasteiger partial charge >= 0.3 is 0 Å². The van der Waals surface area contributed by atoms with Crippen molar-refractivity contribution >= 4 is 51.3 Å². The summed E-state index contributed by atoms with van der Waals surface area (Å²) in [6.07, 6.45) is 2.14. The quantitative estimate of drug-likeness (QED) is 0.365. The molecular weight excluding hydrogens is 473 g/mol. The number of guanidine groups is 1. The van der Waals surface area contributed by atoms with Gasteiger partial charge in [-0.25, -0.2) is 17.7 Å². The molecule has 0 radical (unpaired) electrons. The average molecular weight is 501 g/mol. The van der Waals surface area contributed by atoms with Gasteiger partial charge in [0, 0.05) is 38.6 Å². The fourth-order valence-electron chi connectivity index (χ4n) is 2.73. The van der Waals surface area contributed by atoms with E-state index in [0.29, 0.717) is 26.2 Å². The second kappa shape index (κ2) is 10.0. The van der Waals surface area contributed by atoms with E-state index in [1.54, 1.807) is 15.6 Å². The van der Waals surface area contributed by atoms with E-state index in [-0.39, 0.29) is 29.9 Å². The number of aryl methyl sites for hydroxylation is 1. The number of nitrogens with zero attached hydrogens (tertiary/aromatic N) is 4. The second-order valence-electron chi connectivity index (χ2n) is 6.18. The van der Waals surface area contributed by atoms with Crippen molar-refractivity contribution in [2.75, 3.05) is 39.5 Å². The van der Waals surface area contributed by atoms with Crippen molar-refractivity contribution in [1.29, 1.82) is 0 Å². The third-order valence-corrected chi connectivity index (χ3v) is 6.07. The molecule has 0 spiro atoms. The summed E-state index contributed by atoms with van der Waals surface area (Å²) in [5, 5.41) is 6.42. The fraction of sp³-hybridized carbons (Fsp3) is 0.733. The molecular formula is C15H28IN5O2S2. The lowest BCUT2D eigenvalue weighted by molar-refractivity contribution is 0.454. The van der Waals surface area contributed by atoms with E-state index in [1.165, 1.54) is 6.26 Å². The minimum atomic E-state index is -3.09. The molecule has 1 fully saturated rings. The van der Waals surface area contributed by atoms with E-state index in [2.05, 4.69) is 20.6 Å². The first kappa shape index (κ1) is 22.6. The third-order valence-electron chi connectivity index (χ3n) is 3.98. The molecule has 1 aliphatic heterocycles. The van der Waals surface area contributed by atoms with Gasteiger partial charge in [0.2, 0.25) is 10.0 Å². The van der Waals surface area contributed by atoms with Gasteiger partial charge in [0.05, 0.1) is 23.5 Å². The highest BCUT2D eigenvalue weighted by Gasteiger charge is 2.28. The zero-order valence-electron chi connectivity index (χ0n) is 15.2. The highest BCUT2D eigenvalue weighted by Crippen LogP contribution is 2.19. The maximum Gasteiger partial charge on any atom is 0.211 e. The Morgan fingerprint density at radius 1 is 1.56 bits per heavy atom. The zero-order valence-corrected chi connectivity index (χ0v) is 19.2. The van der Waals surface area contributed by atoms with Crippen molar-refractivity contribution in [2.45, 2.75) is 26.8 Å². The van der Waals surface area contributed by atoms with Crippen LogP contribution in [0, 0.1) is 12.8 Å². The van der Waals surface area contributed by atoms with Gasteiger partial charge in [0.25, 0.3) is 0 Å². The average Bonchev–Trinajstić information content (AvgIpc) is 3.12. The van der Waals surface area contributed by atoms with Crippen molar-refractivity contribution in [3.8, 4) is 0 Å². The summed E-state index contributed by atoms with van der Waals surface area (Å²) in [5.41, 5.74) is 1.04. The molecule has 1 atom stereocenters. The van der Waals surface area contributed by atoms with E-state index in [4.69, 9.17) is 4.99 Å². The van der Waals surface area contributed by atoms with Gasteiger partial charge in [0.15, 0.2) is 5.96 Å². The molecule has 144 valence electrons. The Hall–Kier alpha value is -0.460. The molecule has 0 amide bonds. The van der Waals surface area contributed by atoms with Crippen LogP contribution in [0.5, 0.6) is 0 Å². The number of hydrogen-bond acceptors (Lipinski definition) is 5. The predicted molar refractivity (Wildman–Crippen MR) is 114 cm³/mol. The summed E-state index contributed by atoms with van der Waals surface area (Å²) >= 11 is 1.65. The molecule has 2 rings (SSSR count). The van der Waals surface area contributed by atoms with Gasteiger partial charge in [-0.2, -0.15) is 0 Å². The summed E-state index contributed by atoms with van der Waals surface area (Å²) in [5.74, 6) is 1.12. The number of thiazole rings is 1. The van der Waals surface area contributed by atoms with Crippen molar-refractivity contribution in [2.24, 2.45) is 10.9 Å². The van der Waals surface area contributed by atoms with Crippen LogP contribution >= 0.6 is 35.3 Å². The van der Waals surface area contributed by atoms with Crippen LogP contribution in [0.25, 0.3) is 0 Å². The smallest absolute Gasteiger partial charge is 0.211 e. The first-order valence-corrected chi connectivity index (χ1v) is 10.9. The molecule has 0 aromatic carbocycles. The Morgan fingerprint density at radius 2 is 2.28 bits per heavy atom. The summed E-state index contributed by atoms with van der Waals surface area (Å²) in [6, 6.07) is 0. The van der Waals surface area contributed by atoms with Gasteiger partial charge in [-0.05, 0) is 26.2 Å². The Labute approximate surface area is 172 Å². The summed E-state index contributed by atoms with van der Waals surface area (Å²) in [4.78, 5) is 11.2. The molecule has 1 unspecified atom stereocenters. The molecule has 0 saturated carbocycles. The molecule has 1 aromatic heterocycles. The number of halogens is 1. The fourth-order valence-corrected chi connectivity index (χ4v) is 4.25.